The lowest BCUT2D eigenvalue weighted by Crippen LogP contribution is -2.29. The molecule has 0 aliphatic heterocycles. The molecule has 3 nitrogen and oxygen atoms in total. The number of anilines is 1. The van der Waals surface area contributed by atoms with Crippen molar-refractivity contribution in [1.29, 1.82) is 0 Å². The van der Waals surface area contributed by atoms with Crippen molar-refractivity contribution in [3.05, 3.63) is 26.2 Å². The molecule has 100 valence electrons. The molecule has 0 bridgehead atoms. The van der Waals surface area contributed by atoms with Gasteiger partial charge < -0.3 is 15.4 Å². The van der Waals surface area contributed by atoms with Crippen LogP contribution < -0.4 is 10.6 Å². The largest absolute Gasteiger partial charge is 0.382 e. The minimum absolute atomic E-state index is 0.643. The van der Waals surface area contributed by atoms with Crippen molar-refractivity contribution in [3.8, 4) is 0 Å². The van der Waals surface area contributed by atoms with Gasteiger partial charge in [-0.3, -0.25) is 0 Å². The van der Waals surface area contributed by atoms with Gasteiger partial charge in [0, 0.05) is 33.5 Å². The molecule has 1 rings (SSSR count). The van der Waals surface area contributed by atoms with E-state index in [9.17, 15) is 0 Å². The molecular formula is C12H16BrIN2OS. The first-order valence-electron chi connectivity index (χ1n) is 5.71. The third-order valence-electron chi connectivity index (χ3n) is 2.13. The minimum atomic E-state index is 0.643. The van der Waals surface area contributed by atoms with Crippen LogP contribution in [-0.4, -0.2) is 24.9 Å². The number of benzene rings is 1. The number of thiocarbonyl (C=S) groups is 1. The number of nitrogens with one attached hydrogen (secondary N) is 2. The molecule has 0 unspecified atom stereocenters. The second-order valence-electron chi connectivity index (χ2n) is 3.56. The number of ether oxygens (including phenoxy) is 1. The van der Waals surface area contributed by atoms with Gasteiger partial charge in [-0.15, -0.1) is 0 Å². The Morgan fingerprint density at radius 1 is 1.50 bits per heavy atom. The molecule has 18 heavy (non-hydrogen) atoms. The molecule has 6 heteroatoms. The van der Waals surface area contributed by atoms with E-state index in [-0.39, 0.29) is 0 Å². The normalized spacial score (nSPS) is 10.2. The molecule has 1 aromatic rings. The molecule has 0 atom stereocenters. The molecule has 0 radical (unpaired) electrons. The maximum Gasteiger partial charge on any atom is 0.170 e. The second-order valence-corrected chi connectivity index (χ2v) is 5.99. The predicted octanol–water partition coefficient (Wildman–Crippen LogP) is 3.77. The van der Waals surface area contributed by atoms with Crippen LogP contribution in [-0.2, 0) is 4.74 Å². The zero-order valence-electron chi connectivity index (χ0n) is 10.1. The van der Waals surface area contributed by atoms with Gasteiger partial charge in [-0.1, -0.05) is 0 Å². The lowest BCUT2D eigenvalue weighted by atomic mass is 10.3. The van der Waals surface area contributed by atoms with E-state index in [2.05, 4.69) is 49.2 Å². The Balaban J connectivity index is 2.29. The summed E-state index contributed by atoms with van der Waals surface area (Å²) in [6, 6.07) is 6.03. The summed E-state index contributed by atoms with van der Waals surface area (Å²) in [7, 11) is 0. The number of hydrogen-bond acceptors (Lipinski definition) is 2. The van der Waals surface area contributed by atoms with Gasteiger partial charge in [0.1, 0.15) is 0 Å². The van der Waals surface area contributed by atoms with Crippen LogP contribution in [0.2, 0.25) is 0 Å². The summed E-state index contributed by atoms with van der Waals surface area (Å²) in [5, 5.41) is 6.95. The summed E-state index contributed by atoms with van der Waals surface area (Å²) in [6.07, 6.45) is 0.952. The molecule has 0 saturated heterocycles. The molecule has 2 N–H and O–H groups in total. The lowest BCUT2D eigenvalue weighted by Gasteiger charge is -2.11. The van der Waals surface area contributed by atoms with Gasteiger partial charge in [0.05, 0.1) is 0 Å². The number of hydrogen-bond donors (Lipinski definition) is 2. The maximum absolute atomic E-state index is 5.25. The topological polar surface area (TPSA) is 33.3 Å². The molecule has 0 saturated carbocycles. The zero-order valence-corrected chi connectivity index (χ0v) is 14.7. The average Bonchev–Trinajstić information content (AvgIpc) is 2.34. The van der Waals surface area contributed by atoms with Crippen LogP contribution in [0, 0.1) is 3.57 Å². The van der Waals surface area contributed by atoms with Crippen molar-refractivity contribution in [1.82, 2.24) is 5.32 Å². The van der Waals surface area contributed by atoms with Gasteiger partial charge in [0.15, 0.2) is 5.11 Å². The van der Waals surface area contributed by atoms with Gasteiger partial charge in [-0.25, -0.2) is 0 Å². The molecule has 0 heterocycles. The van der Waals surface area contributed by atoms with E-state index in [0.717, 1.165) is 39.9 Å². The molecular weight excluding hydrogens is 427 g/mol. The van der Waals surface area contributed by atoms with Crippen molar-refractivity contribution < 1.29 is 4.74 Å². The molecule has 1 aromatic carbocycles. The second kappa shape index (κ2) is 9.06. The molecule has 0 aliphatic rings. The Labute approximate surface area is 135 Å². The van der Waals surface area contributed by atoms with Gasteiger partial charge in [-0.05, 0) is 82.3 Å². The minimum Gasteiger partial charge on any atom is -0.382 e. The summed E-state index contributed by atoms with van der Waals surface area (Å²) >= 11 is 11.0. The van der Waals surface area contributed by atoms with Gasteiger partial charge in [0.2, 0.25) is 0 Å². The Morgan fingerprint density at radius 3 is 2.94 bits per heavy atom. The Morgan fingerprint density at radius 2 is 2.28 bits per heavy atom. The van der Waals surface area contributed by atoms with Gasteiger partial charge >= 0.3 is 0 Å². The Bertz CT molecular complexity index is 404. The highest BCUT2D eigenvalue weighted by Crippen LogP contribution is 2.22. The Kier molecular flexibility index (Phi) is 8.12. The van der Waals surface area contributed by atoms with Crippen molar-refractivity contribution in [2.24, 2.45) is 0 Å². The van der Waals surface area contributed by atoms with E-state index < -0.39 is 0 Å². The van der Waals surface area contributed by atoms with Crippen LogP contribution in [0.5, 0.6) is 0 Å². The van der Waals surface area contributed by atoms with Gasteiger partial charge in [-0.2, -0.15) is 0 Å². The smallest absolute Gasteiger partial charge is 0.170 e. The molecule has 0 fully saturated rings. The van der Waals surface area contributed by atoms with Crippen molar-refractivity contribution in [2.75, 3.05) is 25.1 Å². The summed E-state index contributed by atoms with van der Waals surface area (Å²) in [4.78, 5) is 0. The van der Waals surface area contributed by atoms with Crippen LogP contribution in [0.3, 0.4) is 0 Å². The predicted molar refractivity (Wildman–Crippen MR) is 92.2 cm³/mol. The highest BCUT2D eigenvalue weighted by molar-refractivity contribution is 14.1. The van der Waals surface area contributed by atoms with E-state index in [1.54, 1.807) is 0 Å². The molecule has 0 spiro atoms. The average molecular weight is 443 g/mol. The van der Waals surface area contributed by atoms with Crippen LogP contribution >= 0.6 is 50.7 Å². The van der Waals surface area contributed by atoms with Crippen molar-refractivity contribution >= 4 is 61.5 Å². The van der Waals surface area contributed by atoms with Crippen molar-refractivity contribution in [2.45, 2.75) is 13.3 Å². The molecule has 0 aromatic heterocycles. The van der Waals surface area contributed by atoms with Crippen LogP contribution in [0.1, 0.15) is 13.3 Å². The monoisotopic (exact) mass is 442 g/mol. The standard InChI is InChI=1S/C12H16BrIN2OS/c1-2-17-7-3-6-15-12(18)16-9-4-5-10(13)11(14)8-9/h4-5,8H,2-3,6-7H2,1H3,(H2,15,16,18). The van der Waals surface area contributed by atoms with Gasteiger partial charge in [0.25, 0.3) is 0 Å². The fourth-order valence-corrected chi connectivity index (χ4v) is 2.25. The zero-order chi connectivity index (χ0) is 13.4. The fourth-order valence-electron chi connectivity index (χ4n) is 1.27. The Hall–Kier alpha value is 0.0800. The third-order valence-corrected chi connectivity index (χ3v) is 4.70. The van der Waals surface area contributed by atoms with E-state index >= 15 is 0 Å². The highest BCUT2D eigenvalue weighted by atomic mass is 127. The van der Waals surface area contributed by atoms with Crippen LogP contribution in [0.4, 0.5) is 5.69 Å². The SMILES string of the molecule is CCOCCCNC(=S)Nc1ccc(Br)c(I)c1. The highest BCUT2D eigenvalue weighted by Gasteiger charge is 2.00. The summed E-state index contributed by atoms with van der Waals surface area (Å²) in [6.45, 7) is 4.34. The summed E-state index contributed by atoms with van der Waals surface area (Å²) in [5.74, 6) is 0. The van der Waals surface area contributed by atoms with Crippen LogP contribution in [0.25, 0.3) is 0 Å². The fraction of sp³-hybridized carbons (Fsp3) is 0.417. The molecule has 0 amide bonds. The van der Waals surface area contributed by atoms with E-state index in [0.29, 0.717) is 5.11 Å². The first-order valence-corrected chi connectivity index (χ1v) is 7.99. The first kappa shape index (κ1) is 16.1. The van der Waals surface area contributed by atoms with E-state index in [1.807, 2.05) is 25.1 Å². The number of halogens is 2. The quantitative estimate of drug-likeness (QED) is 0.399. The van der Waals surface area contributed by atoms with Crippen LogP contribution in [0.15, 0.2) is 22.7 Å². The maximum atomic E-state index is 5.25. The summed E-state index contributed by atoms with van der Waals surface area (Å²) in [5.41, 5.74) is 0.991. The number of rotatable bonds is 6. The molecule has 0 aliphatic carbocycles. The van der Waals surface area contributed by atoms with E-state index in [1.165, 1.54) is 0 Å². The summed E-state index contributed by atoms with van der Waals surface area (Å²) < 4.78 is 7.49. The lowest BCUT2D eigenvalue weighted by molar-refractivity contribution is 0.146. The first-order chi connectivity index (χ1) is 8.63. The van der Waals surface area contributed by atoms with Crippen molar-refractivity contribution in [3.63, 3.8) is 0 Å². The third kappa shape index (κ3) is 6.31. The van der Waals surface area contributed by atoms with E-state index in [4.69, 9.17) is 17.0 Å².